The van der Waals surface area contributed by atoms with Crippen molar-refractivity contribution in [1.82, 2.24) is 4.98 Å². The van der Waals surface area contributed by atoms with Crippen LogP contribution in [0.15, 0.2) is 36.4 Å². The van der Waals surface area contributed by atoms with Crippen molar-refractivity contribution in [3.63, 3.8) is 0 Å². The van der Waals surface area contributed by atoms with Crippen LogP contribution in [0.25, 0.3) is 0 Å². The molecule has 0 bridgehead atoms. The molecule has 0 atom stereocenters. The van der Waals surface area contributed by atoms with Crippen molar-refractivity contribution in [3.8, 4) is 6.07 Å². The second kappa shape index (κ2) is 5.91. The summed E-state index contributed by atoms with van der Waals surface area (Å²) in [6, 6.07) is 11.7. The van der Waals surface area contributed by atoms with Crippen LogP contribution in [0.2, 0.25) is 10.2 Å². The molecule has 6 heteroatoms. The molecule has 2 aromatic rings. The minimum Gasteiger partial charge on any atom is -0.310 e. The summed E-state index contributed by atoms with van der Waals surface area (Å²) < 4.78 is 0. The predicted molar refractivity (Wildman–Crippen MR) is 78.1 cm³/mol. The summed E-state index contributed by atoms with van der Waals surface area (Å²) in [5, 5.41) is 9.18. The van der Waals surface area contributed by atoms with E-state index in [1.807, 2.05) is 6.07 Å². The Kier molecular flexibility index (Phi) is 4.23. The zero-order chi connectivity index (χ0) is 14.7. The standard InChI is InChI=1S/C14H9Cl2N3O/c1-19(10-4-2-9(8-17)3-5-10)14(20)13-11(15)6-7-12(16)18-13/h2-7H,1H3. The van der Waals surface area contributed by atoms with E-state index in [9.17, 15) is 4.79 Å². The molecule has 0 aliphatic heterocycles. The lowest BCUT2D eigenvalue weighted by atomic mass is 10.2. The number of nitrogens with zero attached hydrogens (tertiary/aromatic N) is 3. The van der Waals surface area contributed by atoms with Crippen LogP contribution < -0.4 is 4.90 Å². The van der Waals surface area contributed by atoms with Gasteiger partial charge in [-0.1, -0.05) is 23.2 Å². The number of amides is 1. The Morgan fingerprint density at radius 3 is 2.45 bits per heavy atom. The van der Waals surface area contributed by atoms with Gasteiger partial charge in [-0.2, -0.15) is 5.26 Å². The minimum atomic E-state index is -0.373. The van der Waals surface area contributed by atoms with Crippen molar-refractivity contribution in [2.24, 2.45) is 0 Å². The smallest absolute Gasteiger partial charge is 0.278 e. The number of benzene rings is 1. The quantitative estimate of drug-likeness (QED) is 0.797. The first-order chi connectivity index (χ1) is 9.52. The molecule has 0 N–H and O–H groups in total. The Morgan fingerprint density at radius 2 is 1.85 bits per heavy atom. The van der Waals surface area contributed by atoms with Crippen LogP contribution in [0.4, 0.5) is 5.69 Å². The molecule has 0 unspecified atom stereocenters. The van der Waals surface area contributed by atoms with Crippen LogP contribution in [0.5, 0.6) is 0 Å². The molecular weight excluding hydrogens is 297 g/mol. The monoisotopic (exact) mass is 305 g/mol. The second-order valence-corrected chi connectivity index (χ2v) is 4.78. The van der Waals surface area contributed by atoms with Crippen LogP contribution >= 0.6 is 23.2 Å². The normalized spacial score (nSPS) is 9.90. The molecule has 1 aromatic carbocycles. The van der Waals surface area contributed by atoms with E-state index in [4.69, 9.17) is 28.5 Å². The highest BCUT2D eigenvalue weighted by molar-refractivity contribution is 6.35. The fraction of sp³-hybridized carbons (Fsp3) is 0.0714. The summed E-state index contributed by atoms with van der Waals surface area (Å²) in [6.45, 7) is 0. The average Bonchev–Trinajstić information content (AvgIpc) is 2.48. The van der Waals surface area contributed by atoms with Crippen molar-refractivity contribution in [3.05, 3.63) is 57.8 Å². The summed E-state index contributed by atoms with van der Waals surface area (Å²) in [7, 11) is 1.60. The number of hydrogen-bond donors (Lipinski definition) is 0. The lowest BCUT2D eigenvalue weighted by molar-refractivity contribution is 0.0988. The lowest BCUT2D eigenvalue weighted by Crippen LogP contribution is -2.27. The number of hydrogen-bond acceptors (Lipinski definition) is 3. The van der Waals surface area contributed by atoms with E-state index in [-0.39, 0.29) is 21.8 Å². The maximum Gasteiger partial charge on any atom is 0.278 e. The molecule has 0 saturated carbocycles. The SMILES string of the molecule is CN(C(=O)c1nc(Cl)ccc1Cl)c1ccc(C#N)cc1. The van der Waals surface area contributed by atoms with E-state index in [1.54, 1.807) is 31.3 Å². The largest absolute Gasteiger partial charge is 0.310 e. The summed E-state index contributed by atoms with van der Waals surface area (Å²) in [6.07, 6.45) is 0. The molecular formula is C14H9Cl2N3O. The highest BCUT2D eigenvalue weighted by Gasteiger charge is 2.18. The van der Waals surface area contributed by atoms with Gasteiger partial charge in [0.25, 0.3) is 5.91 Å². The third-order valence-electron chi connectivity index (χ3n) is 2.70. The third kappa shape index (κ3) is 2.90. The van der Waals surface area contributed by atoms with E-state index in [0.717, 1.165) is 0 Å². The van der Waals surface area contributed by atoms with Crippen molar-refractivity contribution in [2.45, 2.75) is 0 Å². The first kappa shape index (κ1) is 14.3. The summed E-state index contributed by atoms with van der Waals surface area (Å²) >= 11 is 11.7. The first-order valence-corrected chi connectivity index (χ1v) is 6.39. The lowest BCUT2D eigenvalue weighted by Gasteiger charge is -2.17. The average molecular weight is 306 g/mol. The molecule has 100 valence electrons. The number of carbonyl (C=O) groups is 1. The summed E-state index contributed by atoms with van der Waals surface area (Å²) in [5.41, 5.74) is 1.24. The zero-order valence-electron chi connectivity index (χ0n) is 10.5. The zero-order valence-corrected chi connectivity index (χ0v) is 12.0. The topological polar surface area (TPSA) is 57.0 Å². The Labute approximate surface area is 126 Å². The van der Waals surface area contributed by atoms with Gasteiger partial charge in [-0.3, -0.25) is 4.79 Å². The van der Waals surface area contributed by atoms with Crippen molar-refractivity contribution < 1.29 is 4.79 Å². The Morgan fingerprint density at radius 1 is 1.20 bits per heavy atom. The van der Waals surface area contributed by atoms with Gasteiger partial charge in [-0.25, -0.2) is 4.98 Å². The van der Waals surface area contributed by atoms with E-state index in [2.05, 4.69) is 4.98 Å². The third-order valence-corrected chi connectivity index (χ3v) is 3.22. The van der Waals surface area contributed by atoms with Gasteiger partial charge in [0.2, 0.25) is 0 Å². The molecule has 0 aliphatic carbocycles. The van der Waals surface area contributed by atoms with Gasteiger partial charge in [0, 0.05) is 12.7 Å². The van der Waals surface area contributed by atoms with E-state index in [0.29, 0.717) is 11.3 Å². The molecule has 0 radical (unpaired) electrons. The summed E-state index contributed by atoms with van der Waals surface area (Å²) in [5.74, 6) is -0.373. The Balaban J connectivity index is 2.32. The van der Waals surface area contributed by atoms with Gasteiger partial charge in [0.05, 0.1) is 16.7 Å². The van der Waals surface area contributed by atoms with E-state index in [1.165, 1.54) is 17.0 Å². The van der Waals surface area contributed by atoms with Gasteiger partial charge < -0.3 is 4.90 Å². The van der Waals surface area contributed by atoms with E-state index >= 15 is 0 Å². The fourth-order valence-corrected chi connectivity index (χ4v) is 1.94. The molecule has 0 fully saturated rings. The molecule has 20 heavy (non-hydrogen) atoms. The van der Waals surface area contributed by atoms with Gasteiger partial charge >= 0.3 is 0 Å². The molecule has 0 saturated heterocycles. The fourth-order valence-electron chi connectivity index (χ4n) is 1.60. The van der Waals surface area contributed by atoms with Gasteiger partial charge in [-0.15, -0.1) is 0 Å². The number of rotatable bonds is 2. The van der Waals surface area contributed by atoms with Crippen LogP contribution in [0.1, 0.15) is 16.1 Å². The molecule has 1 heterocycles. The highest BCUT2D eigenvalue weighted by Crippen LogP contribution is 2.21. The molecule has 1 aromatic heterocycles. The second-order valence-electron chi connectivity index (χ2n) is 3.99. The van der Waals surface area contributed by atoms with Gasteiger partial charge in [0.1, 0.15) is 10.8 Å². The van der Waals surface area contributed by atoms with Crippen LogP contribution in [-0.4, -0.2) is 17.9 Å². The van der Waals surface area contributed by atoms with Crippen LogP contribution in [0.3, 0.4) is 0 Å². The number of carbonyl (C=O) groups excluding carboxylic acids is 1. The number of pyridine rings is 1. The molecule has 2 rings (SSSR count). The first-order valence-electron chi connectivity index (χ1n) is 5.63. The molecule has 0 spiro atoms. The number of anilines is 1. The molecule has 0 aliphatic rings. The van der Waals surface area contributed by atoms with Crippen LogP contribution in [0, 0.1) is 11.3 Å². The van der Waals surface area contributed by atoms with Crippen molar-refractivity contribution in [1.29, 1.82) is 5.26 Å². The predicted octanol–water partition coefficient (Wildman–Crippen LogP) is 3.54. The minimum absolute atomic E-state index is 0.0889. The molecule has 4 nitrogen and oxygen atoms in total. The number of halogens is 2. The number of aromatic nitrogens is 1. The summed E-state index contributed by atoms with van der Waals surface area (Å²) in [4.78, 5) is 17.7. The highest BCUT2D eigenvalue weighted by atomic mass is 35.5. The maximum atomic E-state index is 12.3. The van der Waals surface area contributed by atoms with Crippen molar-refractivity contribution in [2.75, 3.05) is 11.9 Å². The van der Waals surface area contributed by atoms with Crippen molar-refractivity contribution >= 4 is 34.8 Å². The van der Waals surface area contributed by atoms with Gasteiger partial charge in [0.15, 0.2) is 0 Å². The Hall–Kier alpha value is -2.09. The number of nitriles is 1. The Bertz CT molecular complexity index is 693. The maximum absolute atomic E-state index is 12.3. The molecule has 1 amide bonds. The van der Waals surface area contributed by atoms with Gasteiger partial charge in [-0.05, 0) is 36.4 Å². The van der Waals surface area contributed by atoms with Crippen LogP contribution in [-0.2, 0) is 0 Å². The van der Waals surface area contributed by atoms with E-state index < -0.39 is 0 Å².